The maximum Gasteiger partial charge on any atom is 0.164 e. The van der Waals surface area contributed by atoms with Gasteiger partial charge in [0, 0.05) is 13.3 Å². The second-order valence-corrected chi connectivity index (χ2v) is 9.93. The van der Waals surface area contributed by atoms with E-state index >= 15 is 0 Å². The third-order valence-corrected chi connectivity index (χ3v) is 9.51. The number of furan rings is 1. The molecule has 0 radical (unpaired) electrons. The topological polar surface area (TPSA) is 22.4 Å². The van der Waals surface area contributed by atoms with Crippen molar-refractivity contribution in [3.8, 4) is 0 Å². The predicted octanol–water partition coefficient (Wildman–Crippen LogP) is 2.94. The van der Waals surface area contributed by atoms with Crippen LogP contribution in [0.5, 0.6) is 0 Å². The maximum atomic E-state index is 5.66. The van der Waals surface area contributed by atoms with E-state index in [2.05, 4.69) is 33.8 Å². The standard InChI is InChI=1S/C12H22O2Si/c1-10(2)15(9-13-5,11(3)4)12-7-6-8-14-12/h6-8,10-11H,9H2,1-5H3. The molecule has 1 aromatic rings. The third-order valence-electron chi connectivity index (χ3n) is 3.42. The number of ether oxygens (including phenoxy) is 1. The summed E-state index contributed by atoms with van der Waals surface area (Å²) in [5.41, 5.74) is 1.26. The van der Waals surface area contributed by atoms with Gasteiger partial charge in [-0.3, -0.25) is 0 Å². The molecule has 0 aliphatic heterocycles. The third kappa shape index (κ3) is 2.18. The lowest BCUT2D eigenvalue weighted by Gasteiger charge is -2.36. The highest BCUT2D eigenvalue weighted by molar-refractivity contribution is 6.93. The van der Waals surface area contributed by atoms with E-state index in [9.17, 15) is 0 Å². The van der Waals surface area contributed by atoms with Gasteiger partial charge >= 0.3 is 0 Å². The van der Waals surface area contributed by atoms with Crippen LogP contribution in [-0.4, -0.2) is 21.4 Å². The van der Waals surface area contributed by atoms with Gasteiger partial charge in [0.1, 0.15) is 0 Å². The van der Waals surface area contributed by atoms with E-state index in [1.165, 1.54) is 5.38 Å². The first-order valence-electron chi connectivity index (χ1n) is 5.58. The molecule has 0 aliphatic carbocycles. The van der Waals surface area contributed by atoms with Crippen molar-refractivity contribution in [3.63, 3.8) is 0 Å². The molecule has 2 nitrogen and oxygen atoms in total. The van der Waals surface area contributed by atoms with Crippen LogP contribution in [-0.2, 0) is 4.74 Å². The minimum Gasteiger partial charge on any atom is -0.474 e. The molecular formula is C12H22O2Si. The first-order chi connectivity index (χ1) is 7.05. The van der Waals surface area contributed by atoms with Crippen molar-refractivity contribution in [1.29, 1.82) is 0 Å². The Hall–Kier alpha value is -0.543. The Kier molecular flexibility index (Phi) is 4.17. The Morgan fingerprint density at radius 1 is 1.27 bits per heavy atom. The second-order valence-electron chi connectivity index (χ2n) is 4.76. The molecule has 1 aromatic heterocycles. The lowest BCUT2D eigenvalue weighted by atomic mass is 10.5. The zero-order chi connectivity index (χ0) is 11.5. The smallest absolute Gasteiger partial charge is 0.164 e. The number of methoxy groups -OCH3 is 1. The molecule has 1 rings (SSSR count). The molecule has 1 heterocycles. The van der Waals surface area contributed by atoms with Crippen LogP contribution in [0, 0.1) is 0 Å². The van der Waals surface area contributed by atoms with Crippen LogP contribution in [0.3, 0.4) is 0 Å². The van der Waals surface area contributed by atoms with Gasteiger partial charge in [-0.25, -0.2) is 0 Å². The summed E-state index contributed by atoms with van der Waals surface area (Å²) in [5, 5.41) is 1.18. The van der Waals surface area contributed by atoms with Crippen LogP contribution >= 0.6 is 0 Å². The molecule has 0 aliphatic rings. The van der Waals surface area contributed by atoms with E-state index in [4.69, 9.17) is 9.15 Å². The fourth-order valence-electron chi connectivity index (χ4n) is 2.42. The van der Waals surface area contributed by atoms with Gasteiger partial charge in [0.2, 0.25) is 0 Å². The molecule has 3 heteroatoms. The monoisotopic (exact) mass is 226 g/mol. The van der Waals surface area contributed by atoms with Gasteiger partial charge in [-0.2, -0.15) is 0 Å². The summed E-state index contributed by atoms with van der Waals surface area (Å²) >= 11 is 0. The summed E-state index contributed by atoms with van der Waals surface area (Å²) in [4.78, 5) is 0. The maximum absolute atomic E-state index is 5.66. The van der Waals surface area contributed by atoms with Crippen LogP contribution in [0.15, 0.2) is 22.8 Å². The van der Waals surface area contributed by atoms with Gasteiger partial charge in [-0.05, 0) is 23.2 Å². The first-order valence-corrected chi connectivity index (χ1v) is 7.94. The molecule has 0 aromatic carbocycles. The number of rotatable bonds is 5. The zero-order valence-electron chi connectivity index (χ0n) is 10.4. The fourth-order valence-corrected chi connectivity index (χ4v) is 6.87. The van der Waals surface area contributed by atoms with Crippen LogP contribution in [0.2, 0.25) is 11.1 Å². The van der Waals surface area contributed by atoms with E-state index in [1.54, 1.807) is 13.4 Å². The molecule has 0 bridgehead atoms. The lowest BCUT2D eigenvalue weighted by molar-refractivity contribution is 0.243. The first kappa shape index (κ1) is 12.5. The Bertz CT molecular complexity index is 270. The van der Waals surface area contributed by atoms with Crippen molar-refractivity contribution in [2.75, 3.05) is 13.3 Å². The predicted molar refractivity (Wildman–Crippen MR) is 66.2 cm³/mol. The largest absolute Gasteiger partial charge is 0.474 e. The summed E-state index contributed by atoms with van der Waals surface area (Å²) in [6, 6.07) is 4.10. The van der Waals surface area contributed by atoms with Gasteiger partial charge in [0.05, 0.1) is 11.6 Å². The normalized spacial score (nSPS) is 12.7. The molecule has 0 saturated carbocycles. The quantitative estimate of drug-likeness (QED) is 0.720. The Morgan fingerprint density at radius 2 is 1.87 bits per heavy atom. The highest BCUT2D eigenvalue weighted by Gasteiger charge is 2.44. The molecule has 0 N–H and O–H groups in total. The molecule has 0 unspecified atom stereocenters. The average Bonchev–Trinajstić information content (AvgIpc) is 2.65. The fraction of sp³-hybridized carbons (Fsp3) is 0.667. The van der Waals surface area contributed by atoms with Crippen molar-refractivity contribution < 1.29 is 9.15 Å². The van der Waals surface area contributed by atoms with E-state index in [0.717, 1.165) is 6.23 Å². The van der Waals surface area contributed by atoms with Crippen LogP contribution in [0.1, 0.15) is 27.7 Å². The van der Waals surface area contributed by atoms with E-state index in [0.29, 0.717) is 11.1 Å². The molecule has 0 fully saturated rings. The number of hydrogen-bond acceptors (Lipinski definition) is 2. The minimum absolute atomic E-state index is 0.628. The van der Waals surface area contributed by atoms with Crippen molar-refractivity contribution >= 4 is 13.5 Å². The summed E-state index contributed by atoms with van der Waals surface area (Å²) in [6.45, 7) is 9.14. The van der Waals surface area contributed by atoms with Crippen molar-refractivity contribution in [1.82, 2.24) is 0 Å². The summed E-state index contributed by atoms with van der Waals surface area (Å²) in [7, 11) is 0.124. The van der Waals surface area contributed by atoms with E-state index < -0.39 is 8.07 Å². The van der Waals surface area contributed by atoms with Crippen molar-refractivity contribution in [2.24, 2.45) is 0 Å². The van der Waals surface area contributed by atoms with Crippen LogP contribution in [0.25, 0.3) is 0 Å². The lowest BCUT2D eigenvalue weighted by Crippen LogP contribution is -2.56. The molecule has 86 valence electrons. The highest BCUT2D eigenvalue weighted by atomic mass is 28.3. The summed E-state index contributed by atoms with van der Waals surface area (Å²) < 4.78 is 11.1. The number of hydrogen-bond donors (Lipinski definition) is 0. The van der Waals surface area contributed by atoms with Gasteiger partial charge in [-0.15, -0.1) is 0 Å². The Labute approximate surface area is 93.6 Å². The molecule has 0 saturated heterocycles. The molecule has 0 amide bonds. The van der Waals surface area contributed by atoms with Gasteiger partial charge in [-0.1, -0.05) is 27.7 Å². The van der Waals surface area contributed by atoms with Gasteiger partial charge < -0.3 is 9.15 Å². The molecular weight excluding hydrogens is 204 g/mol. The van der Waals surface area contributed by atoms with Crippen LogP contribution in [0.4, 0.5) is 0 Å². The molecule has 0 atom stereocenters. The Balaban J connectivity index is 3.14. The summed E-state index contributed by atoms with van der Waals surface area (Å²) in [5.74, 6) is 0. The summed E-state index contributed by atoms with van der Waals surface area (Å²) in [6.07, 6.45) is 2.62. The zero-order valence-corrected chi connectivity index (χ0v) is 11.4. The second kappa shape index (κ2) is 4.99. The SMILES string of the molecule is COC[Si](c1ccco1)(C(C)C)C(C)C. The minimum atomic E-state index is -1.66. The van der Waals surface area contributed by atoms with Crippen molar-refractivity contribution in [3.05, 3.63) is 18.4 Å². The van der Waals surface area contributed by atoms with Crippen LogP contribution < -0.4 is 5.38 Å². The van der Waals surface area contributed by atoms with Gasteiger partial charge in [0.15, 0.2) is 8.07 Å². The van der Waals surface area contributed by atoms with Crippen molar-refractivity contribution in [2.45, 2.75) is 38.8 Å². The van der Waals surface area contributed by atoms with Gasteiger partial charge in [0.25, 0.3) is 0 Å². The average molecular weight is 226 g/mol. The molecule has 0 spiro atoms. The van der Waals surface area contributed by atoms with E-state index in [-0.39, 0.29) is 0 Å². The highest BCUT2D eigenvalue weighted by Crippen LogP contribution is 2.32. The van der Waals surface area contributed by atoms with E-state index in [1.807, 2.05) is 6.07 Å². The molecule has 15 heavy (non-hydrogen) atoms. The Morgan fingerprint density at radius 3 is 2.20 bits per heavy atom.